The fourth-order valence-electron chi connectivity index (χ4n) is 1.87. The molecule has 4 nitrogen and oxygen atoms in total. The fraction of sp³-hybridized carbons (Fsp3) is 0.308. The third-order valence-electron chi connectivity index (χ3n) is 2.72. The Morgan fingerprint density at radius 2 is 2.22 bits per heavy atom. The molecule has 2 aromatic rings. The Morgan fingerprint density at radius 1 is 1.39 bits per heavy atom. The summed E-state index contributed by atoms with van der Waals surface area (Å²) in [6, 6.07) is 6.02. The molecule has 5 heteroatoms. The van der Waals surface area contributed by atoms with Gasteiger partial charge in [0.05, 0.1) is 10.7 Å². The van der Waals surface area contributed by atoms with Gasteiger partial charge in [-0.05, 0) is 25.1 Å². The number of hydrogen-bond donors (Lipinski definition) is 1. The Hall–Kier alpha value is -1.59. The first-order chi connectivity index (χ1) is 8.72. The van der Waals surface area contributed by atoms with E-state index in [1.54, 1.807) is 11.3 Å². The lowest BCUT2D eigenvalue weighted by Crippen LogP contribution is -2.17. The van der Waals surface area contributed by atoms with E-state index in [1.807, 2.05) is 25.1 Å². The largest absolute Gasteiger partial charge is 0.454 e. The third kappa shape index (κ3) is 2.19. The van der Waals surface area contributed by atoms with E-state index in [2.05, 4.69) is 10.4 Å². The number of fused-ring (bicyclic) bond motifs is 1. The maximum absolute atomic E-state index is 5.78. The lowest BCUT2D eigenvalue weighted by Gasteiger charge is -2.01. The van der Waals surface area contributed by atoms with Crippen molar-refractivity contribution in [2.75, 3.05) is 6.79 Å². The molecular formula is C13H14N2O2S. The maximum atomic E-state index is 5.78. The van der Waals surface area contributed by atoms with Gasteiger partial charge in [0.2, 0.25) is 6.79 Å². The van der Waals surface area contributed by atoms with Crippen molar-refractivity contribution in [3.05, 3.63) is 28.6 Å². The molecule has 0 fully saturated rings. The molecule has 0 spiro atoms. The van der Waals surface area contributed by atoms with Crippen molar-refractivity contribution >= 4 is 11.3 Å². The number of nitrogens with two attached hydrogens (primary N) is 1. The number of rotatable bonds is 3. The molecule has 1 aliphatic heterocycles. The van der Waals surface area contributed by atoms with Gasteiger partial charge in [0.15, 0.2) is 11.5 Å². The molecule has 0 radical (unpaired) electrons. The fourth-order valence-corrected chi connectivity index (χ4v) is 2.82. The molecule has 0 saturated heterocycles. The second-order valence-electron chi connectivity index (χ2n) is 4.38. The van der Waals surface area contributed by atoms with Gasteiger partial charge in [-0.25, -0.2) is 4.98 Å². The van der Waals surface area contributed by atoms with Gasteiger partial charge >= 0.3 is 0 Å². The van der Waals surface area contributed by atoms with Crippen LogP contribution in [0.1, 0.15) is 11.9 Å². The van der Waals surface area contributed by atoms with Crippen molar-refractivity contribution in [1.29, 1.82) is 0 Å². The van der Waals surface area contributed by atoms with Crippen LogP contribution in [0.25, 0.3) is 11.3 Å². The molecule has 1 aliphatic rings. The molecule has 1 atom stereocenters. The molecule has 1 aromatic carbocycles. The summed E-state index contributed by atoms with van der Waals surface area (Å²) >= 11 is 1.64. The number of aromatic nitrogens is 1. The van der Waals surface area contributed by atoms with Crippen LogP contribution in [0.5, 0.6) is 11.5 Å². The minimum Gasteiger partial charge on any atom is -0.454 e. The Kier molecular flexibility index (Phi) is 2.93. The molecule has 94 valence electrons. The zero-order chi connectivity index (χ0) is 12.5. The van der Waals surface area contributed by atoms with Gasteiger partial charge < -0.3 is 15.2 Å². The minimum atomic E-state index is 0.140. The summed E-state index contributed by atoms with van der Waals surface area (Å²) in [6.07, 6.45) is 0.815. The van der Waals surface area contributed by atoms with E-state index < -0.39 is 0 Å². The average Bonchev–Trinajstić information content (AvgIpc) is 2.95. The van der Waals surface area contributed by atoms with Crippen LogP contribution in [0.2, 0.25) is 0 Å². The standard InChI is InChI=1S/C13H14N2O2S/c1-8(14)4-13-15-10(6-18-13)9-2-3-11-12(5-9)17-7-16-11/h2-3,5-6,8H,4,7,14H2,1H3. The Bertz CT molecular complexity index is 566. The highest BCUT2D eigenvalue weighted by Gasteiger charge is 2.15. The van der Waals surface area contributed by atoms with E-state index in [9.17, 15) is 0 Å². The molecule has 1 aromatic heterocycles. The first kappa shape index (κ1) is 11.5. The summed E-state index contributed by atoms with van der Waals surface area (Å²) in [5, 5.41) is 3.12. The van der Waals surface area contributed by atoms with Gasteiger partial charge in [-0.1, -0.05) is 0 Å². The summed E-state index contributed by atoms with van der Waals surface area (Å²) < 4.78 is 10.7. The van der Waals surface area contributed by atoms with Crippen LogP contribution in [0.4, 0.5) is 0 Å². The van der Waals surface area contributed by atoms with Crippen molar-refractivity contribution in [3.63, 3.8) is 0 Å². The van der Waals surface area contributed by atoms with Crippen molar-refractivity contribution in [2.24, 2.45) is 5.73 Å². The average molecular weight is 262 g/mol. The maximum Gasteiger partial charge on any atom is 0.231 e. The molecule has 3 rings (SSSR count). The lowest BCUT2D eigenvalue weighted by molar-refractivity contribution is 0.174. The van der Waals surface area contributed by atoms with E-state index in [0.717, 1.165) is 34.2 Å². The van der Waals surface area contributed by atoms with Gasteiger partial charge in [0, 0.05) is 23.4 Å². The summed E-state index contributed by atoms with van der Waals surface area (Å²) in [7, 11) is 0. The van der Waals surface area contributed by atoms with Gasteiger partial charge in [0.1, 0.15) is 0 Å². The third-order valence-corrected chi connectivity index (χ3v) is 3.59. The molecule has 2 heterocycles. The molecular weight excluding hydrogens is 248 g/mol. The Balaban J connectivity index is 1.88. The van der Waals surface area contributed by atoms with Crippen molar-refractivity contribution in [2.45, 2.75) is 19.4 Å². The molecule has 18 heavy (non-hydrogen) atoms. The van der Waals surface area contributed by atoms with Crippen molar-refractivity contribution in [3.8, 4) is 22.8 Å². The van der Waals surface area contributed by atoms with Gasteiger partial charge in [0.25, 0.3) is 0 Å². The zero-order valence-electron chi connectivity index (χ0n) is 10.1. The van der Waals surface area contributed by atoms with Gasteiger partial charge in [-0.2, -0.15) is 0 Å². The van der Waals surface area contributed by atoms with Crippen LogP contribution >= 0.6 is 11.3 Å². The molecule has 1 unspecified atom stereocenters. The first-order valence-electron chi connectivity index (χ1n) is 5.82. The number of hydrogen-bond acceptors (Lipinski definition) is 5. The van der Waals surface area contributed by atoms with Gasteiger partial charge in [-0.15, -0.1) is 11.3 Å². The van der Waals surface area contributed by atoms with E-state index in [4.69, 9.17) is 15.2 Å². The second-order valence-corrected chi connectivity index (χ2v) is 5.32. The van der Waals surface area contributed by atoms with Crippen LogP contribution in [0.3, 0.4) is 0 Å². The predicted octanol–water partition coefficient (Wildman–Crippen LogP) is 2.43. The summed E-state index contributed by atoms with van der Waals surface area (Å²) in [6.45, 7) is 2.29. The minimum absolute atomic E-state index is 0.140. The predicted molar refractivity (Wildman–Crippen MR) is 71.0 cm³/mol. The summed E-state index contributed by atoms with van der Waals surface area (Å²) in [5.74, 6) is 1.58. The van der Waals surface area contributed by atoms with E-state index in [-0.39, 0.29) is 6.04 Å². The number of thiazole rings is 1. The monoisotopic (exact) mass is 262 g/mol. The lowest BCUT2D eigenvalue weighted by atomic mass is 10.1. The highest BCUT2D eigenvalue weighted by Crippen LogP contribution is 2.36. The SMILES string of the molecule is CC(N)Cc1nc(-c2ccc3c(c2)OCO3)cs1. The van der Waals surface area contributed by atoms with E-state index in [0.29, 0.717) is 6.79 Å². The number of nitrogens with zero attached hydrogens (tertiary/aromatic N) is 1. The molecule has 2 N–H and O–H groups in total. The molecule has 0 aliphatic carbocycles. The molecule has 0 bridgehead atoms. The van der Waals surface area contributed by atoms with E-state index in [1.165, 1.54) is 0 Å². The van der Waals surface area contributed by atoms with E-state index >= 15 is 0 Å². The van der Waals surface area contributed by atoms with Crippen LogP contribution in [-0.2, 0) is 6.42 Å². The smallest absolute Gasteiger partial charge is 0.231 e. The zero-order valence-corrected chi connectivity index (χ0v) is 10.9. The van der Waals surface area contributed by atoms with Crippen LogP contribution in [0.15, 0.2) is 23.6 Å². The number of ether oxygens (including phenoxy) is 2. The van der Waals surface area contributed by atoms with Crippen LogP contribution in [0, 0.1) is 0 Å². The highest BCUT2D eigenvalue weighted by atomic mass is 32.1. The van der Waals surface area contributed by atoms with Crippen molar-refractivity contribution in [1.82, 2.24) is 4.98 Å². The summed E-state index contributed by atoms with van der Waals surface area (Å²) in [5.41, 5.74) is 7.79. The molecule has 0 saturated carbocycles. The molecule has 0 amide bonds. The summed E-state index contributed by atoms with van der Waals surface area (Å²) in [4.78, 5) is 4.59. The van der Waals surface area contributed by atoms with Crippen LogP contribution in [-0.4, -0.2) is 17.8 Å². The topological polar surface area (TPSA) is 57.4 Å². The quantitative estimate of drug-likeness (QED) is 0.923. The number of benzene rings is 1. The highest BCUT2D eigenvalue weighted by molar-refractivity contribution is 7.09. The first-order valence-corrected chi connectivity index (χ1v) is 6.70. The van der Waals surface area contributed by atoms with Crippen LogP contribution < -0.4 is 15.2 Å². The van der Waals surface area contributed by atoms with Crippen molar-refractivity contribution < 1.29 is 9.47 Å². The second kappa shape index (κ2) is 4.59. The Morgan fingerprint density at radius 3 is 3.06 bits per heavy atom. The Labute approximate surface area is 109 Å². The van der Waals surface area contributed by atoms with Gasteiger partial charge in [-0.3, -0.25) is 0 Å². The normalized spacial score (nSPS) is 14.8.